The van der Waals surface area contributed by atoms with Crippen LogP contribution in [0.2, 0.25) is 0 Å². The number of carbonyl (C=O) groups excluding carboxylic acids is 2. The summed E-state index contributed by atoms with van der Waals surface area (Å²) in [6.45, 7) is 3.39. The van der Waals surface area contributed by atoms with Crippen LogP contribution in [0.1, 0.15) is 19.3 Å². The number of carbonyl (C=O) groups is 2. The van der Waals surface area contributed by atoms with Gasteiger partial charge in [-0.15, -0.1) is 11.3 Å². The van der Waals surface area contributed by atoms with Crippen LogP contribution in [0.25, 0.3) is 10.6 Å². The van der Waals surface area contributed by atoms with Crippen molar-refractivity contribution in [3.05, 3.63) is 48.1 Å². The van der Waals surface area contributed by atoms with Crippen LogP contribution in [0.3, 0.4) is 0 Å². The zero-order valence-corrected chi connectivity index (χ0v) is 21.5. The van der Waals surface area contributed by atoms with Gasteiger partial charge in [-0.25, -0.2) is 9.78 Å². The first-order valence-corrected chi connectivity index (χ1v) is 13.4. The minimum Gasteiger partial charge on any atom is -0.466 e. The highest BCUT2D eigenvalue weighted by molar-refractivity contribution is 7.13. The van der Waals surface area contributed by atoms with E-state index in [9.17, 15) is 9.59 Å². The number of Topliss-reactive ketones (excluding diaryl/α,β-unsaturated/α-hetero) is 1. The van der Waals surface area contributed by atoms with Crippen molar-refractivity contribution >= 4 is 34.8 Å². The summed E-state index contributed by atoms with van der Waals surface area (Å²) in [4.78, 5) is 41.2. The number of amides is 2. The molecule has 3 atom stereocenters. The molecule has 3 N–H and O–H groups in total. The van der Waals surface area contributed by atoms with Gasteiger partial charge < -0.3 is 15.0 Å². The number of thiazole rings is 1. The Morgan fingerprint density at radius 3 is 2.76 bits per heavy atom. The molecule has 0 aromatic carbocycles. The van der Waals surface area contributed by atoms with E-state index in [1.54, 1.807) is 36.0 Å². The van der Waals surface area contributed by atoms with Crippen LogP contribution in [0.4, 0.5) is 16.4 Å². The van der Waals surface area contributed by atoms with E-state index in [1.807, 2.05) is 12.1 Å². The lowest BCUT2D eigenvalue weighted by Gasteiger charge is -2.32. The maximum atomic E-state index is 13.5. The predicted molar refractivity (Wildman–Crippen MR) is 143 cm³/mol. The number of hydrogen-bond donors (Lipinski definition) is 3. The van der Waals surface area contributed by atoms with E-state index in [-0.39, 0.29) is 17.6 Å². The molecule has 0 spiro atoms. The molecule has 2 aliphatic rings. The van der Waals surface area contributed by atoms with Crippen molar-refractivity contribution in [1.29, 1.82) is 0 Å². The molecule has 3 aromatic heterocycles. The fourth-order valence-electron chi connectivity index (χ4n) is 4.86. The Morgan fingerprint density at radius 1 is 1.14 bits per heavy atom. The summed E-state index contributed by atoms with van der Waals surface area (Å²) in [7, 11) is 2.06. The first-order chi connectivity index (χ1) is 18.0. The Hall–Kier alpha value is -3.41. The van der Waals surface area contributed by atoms with Crippen LogP contribution in [0.15, 0.2) is 48.1 Å². The molecule has 0 radical (unpaired) electrons. The number of likely N-dealkylation sites (tertiary alicyclic amines) is 1. The molecule has 0 bridgehead atoms. The molecule has 3 unspecified atom stereocenters. The highest BCUT2D eigenvalue weighted by atomic mass is 32.1. The highest BCUT2D eigenvalue weighted by Crippen LogP contribution is 2.27. The number of aromatic nitrogens is 3. The van der Waals surface area contributed by atoms with Crippen LogP contribution < -0.4 is 20.7 Å². The average Bonchev–Trinajstić information content (AvgIpc) is 3.60. The summed E-state index contributed by atoms with van der Waals surface area (Å²) in [6.07, 6.45) is 5.62. The van der Waals surface area contributed by atoms with Gasteiger partial charge in [0.15, 0.2) is 11.9 Å². The van der Waals surface area contributed by atoms with Crippen LogP contribution in [-0.2, 0) is 4.79 Å². The summed E-state index contributed by atoms with van der Waals surface area (Å²) < 4.78 is 6.23. The lowest BCUT2D eigenvalue weighted by atomic mass is 9.86. The predicted octanol–water partition coefficient (Wildman–Crippen LogP) is 3.51. The van der Waals surface area contributed by atoms with E-state index < -0.39 is 12.1 Å². The van der Waals surface area contributed by atoms with Crippen LogP contribution in [-0.4, -0.2) is 71.0 Å². The fraction of sp³-hybridized carbons (Fsp3) is 0.423. The van der Waals surface area contributed by atoms with Crippen LogP contribution >= 0.6 is 11.3 Å². The van der Waals surface area contributed by atoms with Crippen LogP contribution in [0.5, 0.6) is 5.88 Å². The van der Waals surface area contributed by atoms with Gasteiger partial charge in [-0.3, -0.25) is 20.4 Å². The minimum atomic E-state index is -0.565. The van der Waals surface area contributed by atoms with Crippen molar-refractivity contribution < 1.29 is 14.3 Å². The lowest BCUT2D eigenvalue weighted by Crippen LogP contribution is -2.45. The molecular formula is C26H31N7O3S. The summed E-state index contributed by atoms with van der Waals surface area (Å²) >= 11 is 1.43. The fourth-order valence-corrected chi connectivity index (χ4v) is 5.61. The number of nitrogens with zero attached hydrogens (tertiary/aromatic N) is 4. The van der Waals surface area contributed by atoms with Gasteiger partial charge >= 0.3 is 6.03 Å². The Morgan fingerprint density at radius 2 is 1.97 bits per heavy atom. The average molecular weight is 522 g/mol. The number of piperidine rings is 1. The molecule has 0 aliphatic carbocycles. The van der Waals surface area contributed by atoms with Gasteiger partial charge in [0.25, 0.3) is 0 Å². The molecule has 11 heteroatoms. The van der Waals surface area contributed by atoms with Crippen molar-refractivity contribution in [1.82, 2.24) is 25.2 Å². The number of anilines is 2. The molecular weight excluding hydrogens is 490 g/mol. The van der Waals surface area contributed by atoms with E-state index in [1.165, 1.54) is 11.3 Å². The van der Waals surface area contributed by atoms with Crippen molar-refractivity contribution in [2.75, 3.05) is 43.9 Å². The van der Waals surface area contributed by atoms with E-state index in [2.05, 4.69) is 42.8 Å². The SMILES string of the molecule is CN1CCCC(C(=O)C(Oc2cccc(NC(=O)Nc3csc(-c4ccncc4)n3)n2)C2CCNC2)C1. The van der Waals surface area contributed by atoms with Gasteiger partial charge in [-0.05, 0) is 57.6 Å². The maximum Gasteiger partial charge on any atom is 0.326 e. The first-order valence-electron chi connectivity index (χ1n) is 12.6. The smallest absolute Gasteiger partial charge is 0.326 e. The van der Waals surface area contributed by atoms with Gasteiger partial charge in [0, 0.05) is 54.3 Å². The molecule has 2 amide bonds. The second kappa shape index (κ2) is 11.8. The molecule has 194 valence electrons. The zero-order chi connectivity index (χ0) is 25.6. The van der Waals surface area contributed by atoms with Crippen molar-refractivity contribution in [2.45, 2.75) is 25.4 Å². The number of ether oxygens (including phenoxy) is 1. The molecule has 37 heavy (non-hydrogen) atoms. The third-order valence-electron chi connectivity index (χ3n) is 6.72. The molecule has 3 aromatic rings. The summed E-state index contributed by atoms with van der Waals surface area (Å²) in [5.74, 6) is 1.30. The van der Waals surface area contributed by atoms with E-state index >= 15 is 0 Å². The minimum absolute atomic E-state index is 0.0356. The molecule has 2 aliphatic heterocycles. The van der Waals surface area contributed by atoms with Gasteiger partial charge in [0.05, 0.1) is 0 Å². The zero-order valence-electron chi connectivity index (χ0n) is 20.7. The second-order valence-electron chi connectivity index (χ2n) is 9.51. The molecule has 0 saturated carbocycles. The van der Waals surface area contributed by atoms with Gasteiger partial charge in [-0.1, -0.05) is 6.07 Å². The van der Waals surface area contributed by atoms with Gasteiger partial charge in [0.2, 0.25) is 5.88 Å². The Labute approximate surface area is 219 Å². The molecule has 5 heterocycles. The Kier molecular flexibility index (Phi) is 8.02. The van der Waals surface area contributed by atoms with E-state index in [0.717, 1.165) is 56.0 Å². The van der Waals surface area contributed by atoms with Gasteiger partial charge in [-0.2, -0.15) is 4.98 Å². The maximum absolute atomic E-state index is 13.5. The van der Waals surface area contributed by atoms with Crippen molar-refractivity contribution in [3.8, 4) is 16.5 Å². The van der Waals surface area contributed by atoms with E-state index in [0.29, 0.717) is 17.5 Å². The molecule has 2 saturated heterocycles. The third kappa shape index (κ3) is 6.48. The van der Waals surface area contributed by atoms with Crippen molar-refractivity contribution in [3.63, 3.8) is 0 Å². The number of rotatable bonds is 8. The summed E-state index contributed by atoms with van der Waals surface area (Å²) in [6, 6.07) is 8.42. The highest BCUT2D eigenvalue weighted by Gasteiger charge is 2.37. The molecule has 2 fully saturated rings. The summed E-state index contributed by atoms with van der Waals surface area (Å²) in [5.41, 5.74) is 0.932. The van der Waals surface area contributed by atoms with E-state index in [4.69, 9.17) is 4.74 Å². The van der Waals surface area contributed by atoms with Crippen LogP contribution in [0, 0.1) is 11.8 Å². The standard InChI is InChI=1S/C26H31N7O3S/c1-33-13-3-4-19(15-33)23(34)24(18-9-12-28-14-18)36-22-6-2-5-20(29-22)31-26(35)32-21-16-37-25(30-21)17-7-10-27-11-8-17/h2,5-8,10-11,16,18-19,24,28H,3-4,9,12-15H2,1H3,(H2,29,31,32,35). The monoisotopic (exact) mass is 521 g/mol. The second-order valence-corrected chi connectivity index (χ2v) is 10.4. The number of pyridine rings is 2. The number of urea groups is 1. The molecule has 5 rings (SSSR count). The first kappa shape index (κ1) is 25.2. The number of ketones is 1. The topological polar surface area (TPSA) is 121 Å². The molecule has 10 nitrogen and oxygen atoms in total. The largest absolute Gasteiger partial charge is 0.466 e. The quantitative estimate of drug-likeness (QED) is 0.412. The Bertz CT molecular complexity index is 1220. The van der Waals surface area contributed by atoms with Crippen molar-refractivity contribution in [2.24, 2.45) is 11.8 Å². The lowest BCUT2D eigenvalue weighted by molar-refractivity contribution is -0.133. The summed E-state index contributed by atoms with van der Waals surface area (Å²) in [5, 5.41) is 11.4. The normalized spacial score (nSPS) is 20.8. The number of nitrogens with one attached hydrogen (secondary N) is 3. The Balaban J connectivity index is 1.23. The van der Waals surface area contributed by atoms with Gasteiger partial charge in [0.1, 0.15) is 16.6 Å². The number of hydrogen-bond acceptors (Lipinski definition) is 9. The third-order valence-corrected chi connectivity index (χ3v) is 7.61.